The van der Waals surface area contributed by atoms with E-state index in [9.17, 15) is 14.9 Å². The van der Waals surface area contributed by atoms with Crippen LogP contribution in [0.2, 0.25) is 0 Å². The molecule has 0 radical (unpaired) electrons. The van der Waals surface area contributed by atoms with Crippen LogP contribution in [-0.4, -0.2) is 10.8 Å². The van der Waals surface area contributed by atoms with Gasteiger partial charge in [-0.1, -0.05) is 36.8 Å². The molecule has 2 aromatic carbocycles. The maximum atomic E-state index is 12.9. The van der Waals surface area contributed by atoms with E-state index in [4.69, 9.17) is 0 Å². The summed E-state index contributed by atoms with van der Waals surface area (Å²) in [7, 11) is 0. The molecule has 2 saturated carbocycles. The van der Waals surface area contributed by atoms with Crippen LogP contribution in [0, 0.1) is 34.8 Å². The van der Waals surface area contributed by atoms with Crippen molar-refractivity contribution >= 4 is 17.3 Å². The van der Waals surface area contributed by atoms with Crippen LogP contribution in [0.5, 0.6) is 0 Å². The summed E-state index contributed by atoms with van der Waals surface area (Å²) in [6.07, 6.45) is 3.37. The quantitative estimate of drug-likeness (QED) is 0.643. The summed E-state index contributed by atoms with van der Waals surface area (Å²) in [4.78, 5) is 23.4. The van der Waals surface area contributed by atoms with Crippen LogP contribution in [0.1, 0.15) is 36.3 Å². The van der Waals surface area contributed by atoms with Gasteiger partial charge in [-0.05, 0) is 54.7 Å². The van der Waals surface area contributed by atoms with Crippen molar-refractivity contribution in [1.82, 2.24) is 0 Å². The first kappa shape index (κ1) is 16.8. The topological polar surface area (TPSA) is 72.2 Å². The van der Waals surface area contributed by atoms with Crippen molar-refractivity contribution < 1.29 is 9.72 Å². The fourth-order valence-corrected chi connectivity index (χ4v) is 4.92. The van der Waals surface area contributed by atoms with Crippen molar-refractivity contribution in [1.29, 1.82) is 0 Å². The van der Waals surface area contributed by atoms with Gasteiger partial charge in [0.2, 0.25) is 5.91 Å². The fourth-order valence-electron chi connectivity index (χ4n) is 4.92. The maximum Gasteiger partial charge on any atom is 0.269 e. The number of aryl methyl sites for hydroxylation is 1. The lowest BCUT2D eigenvalue weighted by atomic mass is 9.48. The number of nitro benzene ring substituents is 1. The van der Waals surface area contributed by atoms with Crippen LogP contribution in [0.4, 0.5) is 11.4 Å². The Morgan fingerprint density at radius 1 is 1.12 bits per heavy atom. The number of rotatable bonds is 4. The zero-order valence-electron chi connectivity index (χ0n) is 14.7. The first-order valence-electron chi connectivity index (χ1n) is 9.17. The van der Waals surface area contributed by atoms with Crippen LogP contribution in [0.25, 0.3) is 0 Å². The smallest absolute Gasteiger partial charge is 0.269 e. The highest BCUT2D eigenvalue weighted by Crippen LogP contribution is 2.60. The Bertz CT molecular complexity index is 838. The molecule has 5 heteroatoms. The number of nitro groups is 1. The number of non-ortho nitro benzene ring substituents is 1. The van der Waals surface area contributed by atoms with Gasteiger partial charge in [0, 0.05) is 23.7 Å². The highest BCUT2D eigenvalue weighted by Gasteiger charge is 2.55. The summed E-state index contributed by atoms with van der Waals surface area (Å²) in [6.45, 7) is 1.79. The number of amides is 1. The molecule has 0 aromatic heterocycles. The summed E-state index contributed by atoms with van der Waals surface area (Å²) < 4.78 is 0. The number of anilines is 1. The van der Waals surface area contributed by atoms with Gasteiger partial charge in [0.25, 0.3) is 5.69 Å². The summed E-state index contributed by atoms with van der Waals surface area (Å²) in [5.74, 6) is 1.38. The van der Waals surface area contributed by atoms with Gasteiger partial charge in [-0.3, -0.25) is 14.9 Å². The third kappa shape index (κ3) is 2.77. The zero-order valence-corrected chi connectivity index (χ0v) is 14.7. The van der Waals surface area contributed by atoms with E-state index in [0.717, 1.165) is 18.4 Å². The second-order valence-electron chi connectivity index (χ2n) is 7.47. The molecule has 2 unspecified atom stereocenters. The Kier molecular flexibility index (Phi) is 4.23. The number of nitrogens with zero attached hydrogens (tertiary/aromatic N) is 1. The number of fused-ring (bicyclic) bond motifs is 2. The molecule has 0 heterocycles. The van der Waals surface area contributed by atoms with Crippen molar-refractivity contribution in [3.8, 4) is 0 Å². The third-order valence-corrected chi connectivity index (χ3v) is 6.09. The molecule has 1 amide bonds. The molecule has 5 nitrogen and oxygen atoms in total. The summed E-state index contributed by atoms with van der Waals surface area (Å²) in [5.41, 5.74) is 2.78. The van der Waals surface area contributed by atoms with Crippen molar-refractivity contribution in [3.05, 3.63) is 69.8 Å². The predicted octanol–water partition coefficient (Wildman–Crippen LogP) is 4.67. The fraction of sp³-hybridized carbons (Fsp3) is 0.381. The molecule has 26 heavy (non-hydrogen) atoms. The van der Waals surface area contributed by atoms with E-state index in [1.807, 2.05) is 6.07 Å². The lowest BCUT2D eigenvalue weighted by Crippen LogP contribution is -2.53. The second kappa shape index (κ2) is 6.56. The predicted molar refractivity (Wildman–Crippen MR) is 100.0 cm³/mol. The average Bonchev–Trinajstić information content (AvgIpc) is 2.64. The third-order valence-electron chi connectivity index (χ3n) is 6.09. The molecule has 2 fully saturated rings. The van der Waals surface area contributed by atoms with Gasteiger partial charge in [0.05, 0.1) is 4.92 Å². The van der Waals surface area contributed by atoms with Gasteiger partial charge in [-0.15, -0.1) is 0 Å². The van der Waals surface area contributed by atoms with E-state index in [-0.39, 0.29) is 17.5 Å². The highest BCUT2D eigenvalue weighted by molar-refractivity contribution is 5.94. The number of benzene rings is 2. The van der Waals surface area contributed by atoms with Crippen LogP contribution in [0.3, 0.4) is 0 Å². The molecule has 134 valence electrons. The molecule has 4 rings (SSSR count). The molecule has 0 spiro atoms. The molecule has 0 saturated heterocycles. The van der Waals surface area contributed by atoms with Gasteiger partial charge in [0.15, 0.2) is 0 Å². The first-order chi connectivity index (χ1) is 12.6. The Hall–Kier alpha value is -2.69. The van der Waals surface area contributed by atoms with Crippen LogP contribution in [-0.2, 0) is 4.79 Å². The number of nitrogens with one attached hydrogen (secondary N) is 1. The molecular formula is C21H22N2O3. The molecule has 0 aliphatic heterocycles. The Balaban J connectivity index is 1.50. The van der Waals surface area contributed by atoms with Crippen molar-refractivity contribution in [2.24, 2.45) is 17.8 Å². The number of carbonyl (C=O) groups is 1. The van der Waals surface area contributed by atoms with Gasteiger partial charge >= 0.3 is 0 Å². The van der Waals surface area contributed by atoms with Gasteiger partial charge in [-0.25, -0.2) is 0 Å². The molecule has 2 aromatic rings. The summed E-state index contributed by atoms with van der Waals surface area (Å²) in [6, 6.07) is 15.1. The summed E-state index contributed by atoms with van der Waals surface area (Å²) in [5, 5.41) is 13.9. The van der Waals surface area contributed by atoms with E-state index >= 15 is 0 Å². The Morgan fingerprint density at radius 2 is 1.81 bits per heavy atom. The second-order valence-corrected chi connectivity index (χ2v) is 7.47. The monoisotopic (exact) mass is 350 g/mol. The number of hydrogen-bond donors (Lipinski definition) is 1. The zero-order chi connectivity index (χ0) is 18.3. The molecule has 1 N–H and O–H groups in total. The maximum absolute atomic E-state index is 12.9. The minimum Gasteiger partial charge on any atom is -0.326 e. The van der Waals surface area contributed by atoms with Crippen LogP contribution >= 0.6 is 0 Å². The Morgan fingerprint density at radius 3 is 2.42 bits per heavy atom. The van der Waals surface area contributed by atoms with Crippen molar-refractivity contribution in [3.63, 3.8) is 0 Å². The molecule has 2 aliphatic rings. The van der Waals surface area contributed by atoms with E-state index in [1.165, 1.54) is 24.1 Å². The molecule has 2 bridgehead atoms. The van der Waals surface area contributed by atoms with E-state index in [2.05, 4.69) is 29.6 Å². The number of carbonyl (C=O) groups excluding carboxylic acids is 1. The van der Waals surface area contributed by atoms with Gasteiger partial charge in [0.1, 0.15) is 0 Å². The molecule has 2 aliphatic carbocycles. The molecule has 2 atom stereocenters. The average molecular weight is 350 g/mol. The normalized spacial score (nSPS) is 26.7. The molecular weight excluding hydrogens is 328 g/mol. The lowest BCUT2D eigenvalue weighted by molar-refractivity contribution is -0.384. The van der Waals surface area contributed by atoms with Gasteiger partial charge in [-0.2, -0.15) is 0 Å². The van der Waals surface area contributed by atoms with Crippen LogP contribution < -0.4 is 5.32 Å². The lowest BCUT2D eigenvalue weighted by Gasteiger charge is -2.55. The van der Waals surface area contributed by atoms with E-state index in [1.54, 1.807) is 13.0 Å². The summed E-state index contributed by atoms with van der Waals surface area (Å²) >= 11 is 0. The standard InChI is InChI=1S/C21H22N2O3/c1-13-12-15(23(25)26)10-11-18(13)22-21(24)20-16-8-5-9-17(20)19(16)14-6-3-2-4-7-14/h2-4,6-7,10-12,16-17,19-20H,5,8-9H2,1H3,(H,22,24). The minimum absolute atomic E-state index is 0.0450. The van der Waals surface area contributed by atoms with Gasteiger partial charge < -0.3 is 5.32 Å². The minimum atomic E-state index is -0.417. The SMILES string of the molecule is Cc1cc([N+](=O)[O-])ccc1NC(=O)C1C2CCCC1C2c1ccccc1. The van der Waals surface area contributed by atoms with Crippen molar-refractivity contribution in [2.75, 3.05) is 5.32 Å². The first-order valence-corrected chi connectivity index (χ1v) is 9.17. The highest BCUT2D eigenvalue weighted by atomic mass is 16.6. The largest absolute Gasteiger partial charge is 0.326 e. The Labute approximate surface area is 152 Å². The van der Waals surface area contributed by atoms with Crippen LogP contribution in [0.15, 0.2) is 48.5 Å². The van der Waals surface area contributed by atoms with Crippen molar-refractivity contribution in [2.45, 2.75) is 32.1 Å². The number of hydrogen-bond acceptors (Lipinski definition) is 3. The van der Waals surface area contributed by atoms with E-state index in [0.29, 0.717) is 23.4 Å². The van der Waals surface area contributed by atoms with E-state index < -0.39 is 4.92 Å².